The molecule has 0 spiro atoms. The molecule has 0 aliphatic carbocycles. The Bertz CT molecular complexity index is 378. The van der Waals surface area contributed by atoms with Crippen molar-refractivity contribution in [3.05, 3.63) is 18.2 Å². The van der Waals surface area contributed by atoms with Crippen LogP contribution in [-0.4, -0.2) is 49.0 Å². The Morgan fingerprint density at radius 1 is 1.37 bits per heavy atom. The lowest BCUT2D eigenvalue weighted by atomic mass is 10.3. The topological polar surface area (TPSA) is 58.7 Å². The number of anilines is 1. The second kappa shape index (κ2) is 7.97. The van der Waals surface area contributed by atoms with E-state index in [0.29, 0.717) is 0 Å². The minimum Gasteiger partial charge on any atom is -0.397 e. The van der Waals surface area contributed by atoms with Gasteiger partial charge in [0.05, 0.1) is 25.0 Å². The average Bonchev–Trinajstić information content (AvgIpc) is 2.40. The van der Waals surface area contributed by atoms with Gasteiger partial charge in [-0.2, -0.15) is 0 Å². The predicted molar refractivity (Wildman–Crippen MR) is 81.2 cm³/mol. The van der Waals surface area contributed by atoms with E-state index in [1.165, 1.54) is 9.79 Å². The van der Waals surface area contributed by atoms with E-state index in [9.17, 15) is 0 Å². The highest BCUT2D eigenvalue weighted by Crippen LogP contribution is 2.46. The summed E-state index contributed by atoms with van der Waals surface area (Å²) < 4.78 is 5.16. The van der Waals surface area contributed by atoms with Crippen LogP contribution < -0.4 is 5.73 Å². The van der Waals surface area contributed by atoms with Crippen LogP contribution in [0.4, 0.5) is 5.69 Å². The summed E-state index contributed by atoms with van der Waals surface area (Å²) in [6.07, 6.45) is -0.210. The summed E-state index contributed by atoms with van der Waals surface area (Å²) in [7, 11) is 0. The summed E-state index contributed by atoms with van der Waals surface area (Å²) in [6, 6.07) is 6.09. The molecule has 3 aliphatic heterocycles. The lowest BCUT2D eigenvalue weighted by molar-refractivity contribution is 0.0181. The quantitative estimate of drug-likeness (QED) is 0.829. The summed E-state index contributed by atoms with van der Waals surface area (Å²) in [5.41, 5.74) is 6.54. The zero-order valence-corrected chi connectivity index (χ0v) is 12.7. The summed E-state index contributed by atoms with van der Waals surface area (Å²) in [6.45, 7) is 6.15. The van der Waals surface area contributed by atoms with Gasteiger partial charge in [0.1, 0.15) is 0 Å². The molecule has 0 radical (unpaired) electrons. The first kappa shape index (κ1) is 16.6. The molecule has 19 heavy (non-hydrogen) atoms. The van der Waals surface area contributed by atoms with Crippen molar-refractivity contribution < 1.29 is 9.84 Å². The van der Waals surface area contributed by atoms with Crippen molar-refractivity contribution in [2.45, 2.75) is 22.8 Å². The third-order valence-electron chi connectivity index (χ3n) is 2.87. The second-order valence-corrected chi connectivity index (χ2v) is 5.62. The smallest absolute Gasteiger partial charge is 0.0639 e. The molecule has 6 heteroatoms. The SMILES string of the molecule is CC(O)CN1CCOCC1.Cl.Nc1c2cccc1S2. The van der Waals surface area contributed by atoms with Gasteiger partial charge in [-0.05, 0) is 19.1 Å². The summed E-state index contributed by atoms with van der Waals surface area (Å²) in [5, 5.41) is 9.02. The van der Waals surface area contributed by atoms with Gasteiger partial charge in [-0.15, -0.1) is 12.4 Å². The first-order valence-corrected chi connectivity index (χ1v) is 7.03. The van der Waals surface area contributed by atoms with Crippen molar-refractivity contribution in [1.29, 1.82) is 0 Å². The van der Waals surface area contributed by atoms with Gasteiger partial charge in [0.15, 0.2) is 0 Å². The van der Waals surface area contributed by atoms with Crippen molar-refractivity contribution >= 4 is 29.9 Å². The van der Waals surface area contributed by atoms with E-state index < -0.39 is 0 Å². The Morgan fingerprint density at radius 3 is 2.32 bits per heavy atom. The Balaban J connectivity index is 0.000000183. The Labute approximate surface area is 124 Å². The molecule has 0 aromatic heterocycles. The standard InChI is InChI=1S/C7H15NO2.C6H5NS.ClH/c1-7(9)6-8-2-4-10-5-3-8;7-6-4-2-1-3-5(6)8-4;/h7,9H,2-6H2,1H3;1-3H,7H2;1H. The largest absolute Gasteiger partial charge is 0.397 e. The summed E-state index contributed by atoms with van der Waals surface area (Å²) in [5.74, 6) is 0. The molecule has 108 valence electrons. The lowest BCUT2D eigenvalue weighted by Crippen LogP contribution is -2.40. The molecule has 2 bridgehead atoms. The number of β-amino-alcohol motifs (C(OH)–C–C–N with tert-alkyl or cyclic N) is 1. The fourth-order valence-corrected chi connectivity index (χ4v) is 2.75. The third-order valence-corrected chi connectivity index (χ3v) is 4.02. The Kier molecular flexibility index (Phi) is 6.96. The molecule has 1 unspecified atom stereocenters. The number of hydrogen-bond acceptors (Lipinski definition) is 5. The van der Waals surface area contributed by atoms with Crippen LogP contribution in [-0.2, 0) is 4.74 Å². The molecule has 1 saturated heterocycles. The number of nitrogens with two attached hydrogens (primary N) is 1. The van der Waals surface area contributed by atoms with Gasteiger partial charge in [0, 0.05) is 29.4 Å². The first-order valence-electron chi connectivity index (χ1n) is 6.21. The zero-order valence-electron chi connectivity index (χ0n) is 11.0. The molecular formula is C13H21ClN2O2S. The van der Waals surface area contributed by atoms with Crippen molar-refractivity contribution in [3.63, 3.8) is 0 Å². The van der Waals surface area contributed by atoms with E-state index in [4.69, 9.17) is 15.6 Å². The zero-order chi connectivity index (χ0) is 13.0. The second-order valence-electron chi connectivity index (χ2n) is 4.53. The number of aliphatic hydroxyl groups excluding tert-OH is 1. The van der Waals surface area contributed by atoms with Gasteiger partial charge in [0.2, 0.25) is 0 Å². The van der Waals surface area contributed by atoms with E-state index in [1.54, 1.807) is 11.8 Å². The van der Waals surface area contributed by atoms with Crippen molar-refractivity contribution in [2.75, 3.05) is 38.6 Å². The number of nitrogen functional groups attached to an aromatic ring is 1. The van der Waals surface area contributed by atoms with Crippen LogP contribution in [0.3, 0.4) is 0 Å². The number of morpholine rings is 1. The van der Waals surface area contributed by atoms with Gasteiger partial charge in [-0.1, -0.05) is 17.8 Å². The number of fused-ring (bicyclic) bond motifs is 2. The van der Waals surface area contributed by atoms with Crippen LogP contribution in [0.5, 0.6) is 0 Å². The van der Waals surface area contributed by atoms with Crippen LogP contribution in [0.1, 0.15) is 6.92 Å². The van der Waals surface area contributed by atoms with Crippen molar-refractivity contribution in [2.24, 2.45) is 0 Å². The molecule has 1 fully saturated rings. The molecule has 4 nitrogen and oxygen atoms in total. The van der Waals surface area contributed by atoms with Crippen LogP contribution in [0.25, 0.3) is 0 Å². The highest BCUT2D eigenvalue weighted by molar-refractivity contribution is 8.01. The number of hydrogen-bond donors (Lipinski definition) is 2. The normalized spacial score (nSPS) is 18.4. The Hall–Kier alpha value is -0.460. The number of rotatable bonds is 2. The lowest BCUT2D eigenvalue weighted by Gasteiger charge is -2.27. The number of benzene rings is 1. The average molecular weight is 305 g/mol. The maximum atomic E-state index is 9.02. The van der Waals surface area contributed by atoms with E-state index >= 15 is 0 Å². The maximum Gasteiger partial charge on any atom is 0.0639 e. The molecule has 4 rings (SSSR count). The molecule has 1 atom stereocenters. The van der Waals surface area contributed by atoms with Crippen LogP contribution in [0.2, 0.25) is 0 Å². The van der Waals surface area contributed by atoms with Gasteiger partial charge in [-0.3, -0.25) is 4.90 Å². The van der Waals surface area contributed by atoms with Gasteiger partial charge in [-0.25, -0.2) is 0 Å². The number of halogens is 1. The number of aliphatic hydroxyl groups is 1. The number of nitrogens with zero attached hydrogens (tertiary/aromatic N) is 1. The fraction of sp³-hybridized carbons (Fsp3) is 0.538. The van der Waals surface area contributed by atoms with Crippen LogP contribution >= 0.6 is 24.2 Å². The summed E-state index contributed by atoms with van der Waals surface area (Å²) >= 11 is 1.75. The highest BCUT2D eigenvalue weighted by Gasteiger charge is 2.15. The minimum absolute atomic E-state index is 0. The fourth-order valence-electron chi connectivity index (χ4n) is 1.93. The highest BCUT2D eigenvalue weighted by atomic mass is 35.5. The monoisotopic (exact) mass is 304 g/mol. The molecule has 3 aliphatic rings. The van der Waals surface area contributed by atoms with E-state index in [-0.39, 0.29) is 18.5 Å². The van der Waals surface area contributed by atoms with E-state index in [2.05, 4.69) is 4.90 Å². The molecule has 1 aromatic carbocycles. The summed E-state index contributed by atoms with van der Waals surface area (Å²) in [4.78, 5) is 4.67. The van der Waals surface area contributed by atoms with E-state index in [1.807, 2.05) is 25.1 Å². The number of para-hydroxylation sites is 1. The van der Waals surface area contributed by atoms with E-state index in [0.717, 1.165) is 38.5 Å². The molecular weight excluding hydrogens is 284 g/mol. The molecule has 3 heterocycles. The van der Waals surface area contributed by atoms with Gasteiger partial charge in [0.25, 0.3) is 0 Å². The molecule has 0 amide bonds. The van der Waals surface area contributed by atoms with Gasteiger partial charge >= 0.3 is 0 Å². The van der Waals surface area contributed by atoms with Crippen LogP contribution in [0, 0.1) is 0 Å². The molecule has 3 N–H and O–H groups in total. The van der Waals surface area contributed by atoms with Crippen molar-refractivity contribution in [1.82, 2.24) is 4.90 Å². The van der Waals surface area contributed by atoms with Crippen molar-refractivity contribution in [3.8, 4) is 0 Å². The molecule has 0 saturated carbocycles. The minimum atomic E-state index is -0.210. The predicted octanol–water partition coefficient (Wildman–Crippen LogP) is 1.85. The molecule has 1 aromatic rings. The third kappa shape index (κ3) is 4.85. The van der Waals surface area contributed by atoms with Crippen LogP contribution in [0.15, 0.2) is 28.0 Å². The van der Waals surface area contributed by atoms with Gasteiger partial charge < -0.3 is 15.6 Å². The number of ether oxygens (including phenoxy) is 1. The Morgan fingerprint density at radius 2 is 1.95 bits per heavy atom. The first-order chi connectivity index (χ1) is 8.66. The maximum absolute atomic E-state index is 9.02.